The molecule has 0 aromatic heterocycles. The third-order valence-corrected chi connectivity index (χ3v) is 3.80. The van der Waals surface area contributed by atoms with Gasteiger partial charge in [-0.25, -0.2) is 0 Å². The van der Waals surface area contributed by atoms with Gasteiger partial charge in [-0.05, 0) is 46.6 Å². The van der Waals surface area contributed by atoms with Gasteiger partial charge in [0.15, 0.2) is 0 Å². The zero-order chi connectivity index (χ0) is 11.3. The van der Waals surface area contributed by atoms with Crippen LogP contribution in [0.3, 0.4) is 0 Å². The fraction of sp³-hybridized carbons (Fsp3) is 0.500. The van der Waals surface area contributed by atoms with Crippen LogP contribution in [0.15, 0.2) is 24.3 Å². The van der Waals surface area contributed by atoms with E-state index in [1.807, 2.05) is 0 Å². The van der Waals surface area contributed by atoms with Gasteiger partial charge < -0.3 is 0 Å². The van der Waals surface area contributed by atoms with Gasteiger partial charge in [-0.1, -0.05) is 38.5 Å². The Morgan fingerprint density at radius 2 is 2.07 bits per heavy atom. The predicted molar refractivity (Wildman–Crippen MR) is 73.3 cm³/mol. The predicted octanol–water partition coefficient (Wildman–Crippen LogP) is 3.23. The maximum absolute atomic E-state index is 5.62. The lowest BCUT2D eigenvalue weighted by Gasteiger charge is -2.20. The zero-order valence-electron chi connectivity index (χ0n) is 9.33. The Labute approximate surface area is 106 Å². The van der Waals surface area contributed by atoms with Crippen molar-refractivity contribution >= 4 is 22.6 Å². The molecule has 0 aliphatic rings. The summed E-state index contributed by atoms with van der Waals surface area (Å²) in [5.41, 5.74) is 4.23. The second-order valence-electron chi connectivity index (χ2n) is 3.99. The van der Waals surface area contributed by atoms with Crippen molar-refractivity contribution < 1.29 is 0 Å². The summed E-state index contributed by atoms with van der Waals surface area (Å²) in [6.45, 7) is 4.48. The first-order chi connectivity index (χ1) is 7.19. The second kappa shape index (κ2) is 6.45. The Morgan fingerprint density at radius 3 is 2.60 bits per heavy atom. The molecule has 0 bridgehead atoms. The average Bonchev–Trinajstić information content (AvgIpc) is 2.26. The summed E-state index contributed by atoms with van der Waals surface area (Å²) in [4.78, 5) is 0. The van der Waals surface area contributed by atoms with E-state index in [1.165, 1.54) is 15.6 Å². The zero-order valence-corrected chi connectivity index (χ0v) is 11.5. The fourth-order valence-corrected chi connectivity index (χ4v) is 2.37. The summed E-state index contributed by atoms with van der Waals surface area (Å²) in [7, 11) is 0. The van der Waals surface area contributed by atoms with E-state index in [4.69, 9.17) is 5.84 Å². The first-order valence-corrected chi connectivity index (χ1v) is 6.47. The standard InChI is InChI=1S/C12H19IN2/c1-3-9(2)8-12(15-14)10-6-4-5-7-11(10)13/h4-7,9,12,15H,3,8,14H2,1-2H3. The van der Waals surface area contributed by atoms with Gasteiger partial charge in [0.1, 0.15) is 0 Å². The van der Waals surface area contributed by atoms with E-state index >= 15 is 0 Å². The molecule has 0 spiro atoms. The van der Waals surface area contributed by atoms with Crippen molar-refractivity contribution in [3.63, 3.8) is 0 Å². The third kappa shape index (κ3) is 3.74. The Kier molecular flexibility index (Phi) is 5.56. The summed E-state index contributed by atoms with van der Waals surface area (Å²) in [6, 6.07) is 8.67. The monoisotopic (exact) mass is 318 g/mol. The Hall–Kier alpha value is -0.130. The van der Waals surface area contributed by atoms with Gasteiger partial charge in [0, 0.05) is 9.61 Å². The minimum Gasteiger partial charge on any atom is -0.271 e. The van der Waals surface area contributed by atoms with Crippen LogP contribution in [-0.2, 0) is 0 Å². The fourth-order valence-electron chi connectivity index (χ4n) is 1.61. The smallest absolute Gasteiger partial charge is 0.0473 e. The molecule has 2 atom stereocenters. The minimum absolute atomic E-state index is 0.271. The largest absolute Gasteiger partial charge is 0.271 e. The molecule has 0 saturated heterocycles. The van der Waals surface area contributed by atoms with Crippen molar-refractivity contribution in [2.75, 3.05) is 0 Å². The lowest BCUT2D eigenvalue weighted by atomic mass is 9.95. The summed E-state index contributed by atoms with van der Waals surface area (Å²) in [6.07, 6.45) is 2.29. The summed E-state index contributed by atoms with van der Waals surface area (Å²) in [5, 5.41) is 0. The van der Waals surface area contributed by atoms with Crippen molar-refractivity contribution in [1.29, 1.82) is 0 Å². The number of hydrogen-bond donors (Lipinski definition) is 2. The molecule has 0 aliphatic carbocycles. The summed E-state index contributed by atoms with van der Waals surface area (Å²) >= 11 is 2.36. The van der Waals surface area contributed by atoms with Gasteiger partial charge in [-0.3, -0.25) is 11.3 Å². The normalized spacial score (nSPS) is 14.9. The topological polar surface area (TPSA) is 38.0 Å². The minimum atomic E-state index is 0.271. The highest BCUT2D eigenvalue weighted by Crippen LogP contribution is 2.25. The van der Waals surface area contributed by atoms with Gasteiger partial charge in [0.25, 0.3) is 0 Å². The van der Waals surface area contributed by atoms with E-state index in [1.54, 1.807) is 0 Å². The van der Waals surface area contributed by atoms with Crippen LogP contribution < -0.4 is 11.3 Å². The Morgan fingerprint density at radius 1 is 1.40 bits per heavy atom. The average molecular weight is 318 g/mol. The van der Waals surface area contributed by atoms with E-state index in [9.17, 15) is 0 Å². The van der Waals surface area contributed by atoms with Gasteiger partial charge in [0.2, 0.25) is 0 Å². The van der Waals surface area contributed by atoms with Gasteiger partial charge >= 0.3 is 0 Å². The molecule has 1 aromatic rings. The number of nitrogens with one attached hydrogen (secondary N) is 1. The molecule has 0 fully saturated rings. The number of nitrogens with two attached hydrogens (primary N) is 1. The molecule has 1 rings (SSSR count). The van der Waals surface area contributed by atoms with Crippen molar-refractivity contribution in [2.24, 2.45) is 11.8 Å². The number of hydrogen-bond acceptors (Lipinski definition) is 2. The molecule has 1 aromatic carbocycles. The first-order valence-electron chi connectivity index (χ1n) is 5.39. The molecule has 15 heavy (non-hydrogen) atoms. The third-order valence-electron chi connectivity index (χ3n) is 2.82. The van der Waals surface area contributed by atoms with E-state index < -0.39 is 0 Å². The number of halogens is 1. The quantitative estimate of drug-likeness (QED) is 0.497. The van der Waals surface area contributed by atoms with Crippen molar-refractivity contribution in [1.82, 2.24) is 5.43 Å². The molecule has 2 nitrogen and oxygen atoms in total. The van der Waals surface area contributed by atoms with Crippen molar-refractivity contribution in [2.45, 2.75) is 32.7 Å². The molecule has 0 aliphatic heterocycles. The van der Waals surface area contributed by atoms with Crippen LogP contribution >= 0.6 is 22.6 Å². The van der Waals surface area contributed by atoms with E-state index in [0.29, 0.717) is 5.92 Å². The van der Waals surface area contributed by atoms with Crippen LogP contribution in [0.25, 0.3) is 0 Å². The molecular formula is C12H19IN2. The highest BCUT2D eigenvalue weighted by molar-refractivity contribution is 14.1. The van der Waals surface area contributed by atoms with Crippen LogP contribution in [0.1, 0.15) is 38.3 Å². The van der Waals surface area contributed by atoms with Gasteiger partial charge in [-0.15, -0.1) is 0 Å². The molecule has 3 heteroatoms. The second-order valence-corrected chi connectivity index (χ2v) is 5.15. The van der Waals surface area contributed by atoms with Crippen molar-refractivity contribution in [3.8, 4) is 0 Å². The van der Waals surface area contributed by atoms with Crippen LogP contribution in [0.4, 0.5) is 0 Å². The van der Waals surface area contributed by atoms with Crippen LogP contribution in [-0.4, -0.2) is 0 Å². The van der Waals surface area contributed by atoms with Crippen LogP contribution in [0.2, 0.25) is 0 Å². The SMILES string of the molecule is CCC(C)CC(NN)c1ccccc1I. The molecule has 84 valence electrons. The number of rotatable bonds is 5. The maximum Gasteiger partial charge on any atom is 0.0473 e. The van der Waals surface area contributed by atoms with E-state index in [2.05, 4.69) is 66.1 Å². The van der Waals surface area contributed by atoms with Crippen LogP contribution in [0.5, 0.6) is 0 Å². The lowest BCUT2D eigenvalue weighted by Crippen LogP contribution is -2.29. The molecular weight excluding hydrogens is 299 g/mol. The summed E-state index contributed by atoms with van der Waals surface area (Å²) in [5.74, 6) is 6.32. The highest BCUT2D eigenvalue weighted by atomic mass is 127. The molecule has 0 radical (unpaired) electrons. The molecule has 0 amide bonds. The first kappa shape index (κ1) is 12.9. The van der Waals surface area contributed by atoms with Gasteiger partial charge in [0.05, 0.1) is 0 Å². The lowest BCUT2D eigenvalue weighted by molar-refractivity contribution is 0.407. The molecule has 0 heterocycles. The van der Waals surface area contributed by atoms with Crippen LogP contribution in [0, 0.1) is 9.49 Å². The summed E-state index contributed by atoms with van der Waals surface area (Å²) < 4.78 is 1.28. The van der Waals surface area contributed by atoms with E-state index in [-0.39, 0.29) is 6.04 Å². The molecule has 0 saturated carbocycles. The van der Waals surface area contributed by atoms with E-state index in [0.717, 1.165) is 6.42 Å². The molecule has 2 unspecified atom stereocenters. The Balaban J connectivity index is 2.78. The number of benzene rings is 1. The van der Waals surface area contributed by atoms with Gasteiger partial charge in [-0.2, -0.15) is 0 Å². The number of hydrazine groups is 1. The Bertz CT molecular complexity index is 301. The highest BCUT2D eigenvalue weighted by Gasteiger charge is 2.14. The van der Waals surface area contributed by atoms with Crippen molar-refractivity contribution in [3.05, 3.63) is 33.4 Å². The maximum atomic E-state index is 5.62. The molecule has 3 N–H and O–H groups in total.